The van der Waals surface area contributed by atoms with Crippen molar-refractivity contribution in [2.45, 2.75) is 74.7 Å². The van der Waals surface area contributed by atoms with Crippen LogP contribution in [-0.2, 0) is 23.5 Å². The molecule has 0 aliphatic carbocycles. The van der Waals surface area contributed by atoms with Crippen molar-refractivity contribution in [1.82, 2.24) is 4.90 Å². The van der Waals surface area contributed by atoms with Crippen LogP contribution in [0.3, 0.4) is 0 Å². The fraction of sp³-hybridized carbons (Fsp3) is 0.278. The Morgan fingerprint density at radius 1 is 0.603 bits per heavy atom. The third kappa shape index (κ3) is 9.43. The van der Waals surface area contributed by atoms with E-state index in [2.05, 4.69) is 163 Å². The minimum absolute atomic E-state index is 0.0733. The number of esters is 1. The van der Waals surface area contributed by atoms with Gasteiger partial charge in [0.15, 0.2) is 8.32 Å². The Morgan fingerprint density at radius 3 is 1.32 bits per heavy atom. The lowest BCUT2D eigenvalue weighted by atomic mass is 9.84. The lowest BCUT2D eigenvalue weighted by Crippen LogP contribution is -2.67. The number of hydrogen-bond acceptors (Lipinski definition) is 5. The quantitative estimate of drug-likeness (QED) is 0.0318. The smallest absolute Gasteiger partial charge is 0.356 e. The summed E-state index contributed by atoms with van der Waals surface area (Å²) in [6.07, 6.45) is 0. The maximum Gasteiger partial charge on any atom is 0.356 e. The average Bonchev–Trinajstić information content (AvgIpc) is 3.28. The van der Waals surface area contributed by atoms with Crippen molar-refractivity contribution in [2.75, 3.05) is 13.2 Å². The minimum Gasteiger partial charge on any atom is -0.461 e. The molecule has 326 valence electrons. The zero-order valence-electron chi connectivity index (χ0n) is 38.0. The third-order valence-corrected chi connectivity index (χ3v) is 25.0. The van der Waals surface area contributed by atoms with Gasteiger partial charge < -0.3 is 9.16 Å². The second-order valence-electron chi connectivity index (χ2n) is 19.1. The molecule has 0 unspecified atom stereocenters. The molecule has 5 nitrogen and oxygen atoms in total. The summed E-state index contributed by atoms with van der Waals surface area (Å²) in [5, 5.41) is 2.29. The summed E-state index contributed by atoms with van der Waals surface area (Å²) in [4.78, 5) is 33.5. The molecule has 1 heterocycles. The molecule has 1 fully saturated rings. The van der Waals surface area contributed by atoms with Gasteiger partial charge in [-0.15, -0.1) is 11.8 Å². The molecular formula is C54H62NO4PSSi2. The molecule has 1 aliphatic rings. The van der Waals surface area contributed by atoms with Gasteiger partial charge in [0.25, 0.3) is 0 Å². The molecule has 0 spiro atoms. The summed E-state index contributed by atoms with van der Waals surface area (Å²) in [5.74, 6) is -1.14. The molecule has 0 N–H and O–H groups in total. The Hall–Kier alpha value is -4.70. The van der Waals surface area contributed by atoms with Crippen LogP contribution < -0.4 is 15.9 Å². The fourth-order valence-corrected chi connectivity index (χ4v) is 16.2. The van der Waals surface area contributed by atoms with Crippen molar-refractivity contribution in [3.05, 3.63) is 199 Å². The van der Waals surface area contributed by atoms with Gasteiger partial charge in [0.1, 0.15) is 5.42 Å². The van der Waals surface area contributed by atoms with E-state index < -0.39 is 45.3 Å². The van der Waals surface area contributed by atoms with Crippen LogP contribution >= 0.6 is 18.6 Å². The molecule has 2 atom stereocenters. The van der Waals surface area contributed by atoms with Crippen LogP contribution in [-0.4, -0.2) is 57.2 Å². The number of hydrogen-bond donors (Lipinski definition) is 0. The number of carbonyl (C=O) groups is 2. The van der Waals surface area contributed by atoms with Gasteiger partial charge >= 0.3 is 5.97 Å². The zero-order chi connectivity index (χ0) is 44.9. The number of β-lactam (4-membered cyclic amide) rings is 1. The Bertz CT molecular complexity index is 2310. The van der Waals surface area contributed by atoms with Crippen LogP contribution in [0.15, 0.2) is 182 Å². The Balaban J connectivity index is 1.58. The molecule has 7 rings (SSSR count). The van der Waals surface area contributed by atoms with E-state index >= 15 is 9.59 Å². The molecule has 1 aliphatic heterocycles. The molecule has 1 amide bonds. The van der Waals surface area contributed by atoms with Crippen molar-refractivity contribution in [3.8, 4) is 0 Å². The van der Waals surface area contributed by atoms with E-state index in [4.69, 9.17) is 9.16 Å². The molecule has 0 radical (unpaired) electrons. The molecule has 0 bridgehead atoms. The van der Waals surface area contributed by atoms with Gasteiger partial charge in [0.05, 0.1) is 22.6 Å². The monoisotopic (exact) mass is 907 g/mol. The normalized spacial score (nSPS) is 16.0. The summed E-state index contributed by atoms with van der Waals surface area (Å²) < 4.78 is 12.8. The SMILES string of the molecule is CC(C)(C)[Si](C)(C)OC[C@H]1C(=O)N(C(C(=O)OCC[Si](C)(C)C)=P(c2ccccc2)(c2ccccc2)c2ccccc2)[C@@H]1SC(c1ccccc1)(c1ccccc1)c1ccccc1. The largest absolute Gasteiger partial charge is 0.461 e. The number of nitrogens with zero attached hydrogens (tertiary/aromatic N) is 1. The highest BCUT2D eigenvalue weighted by Crippen LogP contribution is 2.57. The molecule has 0 aromatic heterocycles. The van der Waals surface area contributed by atoms with Crippen molar-refractivity contribution >= 4 is 68.2 Å². The Labute approximate surface area is 382 Å². The first-order valence-electron chi connectivity index (χ1n) is 22.0. The summed E-state index contributed by atoms with van der Waals surface area (Å²) in [5.41, 5.74) is 3.62. The summed E-state index contributed by atoms with van der Waals surface area (Å²) in [6.45, 7) is 15.4. The number of carbonyl (C=O) groups excluding carboxylic acids is 2. The lowest BCUT2D eigenvalue weighted by Gasteiger charge is -2.53. The molecule has 63 heavy (non-hydrogen) atoms. The predicted molar refractivity (Wildman–Crippen MR) is 273 cm³/mol. The summed E-state index contributed by atoms with van der Waals surface area (Å²) in [6, 6.07) is 63.5. The van der Waals surface area contributed by atoms with Crippen LogP contribution in [0, 0.1) is 5.92 Å². The van der Waals surface area contributed by atoms with Crippen molar-refractivity contribution in [1.29, 1.82) is 0 Å². The molecule has 6 aromatic carbocycles. The van der Waals surface area contributed by atoms with E-state index in [1.54, 1.807) is 11.8 Å². The fourth-order valence-electron chi connectivity index (χ4n) is 8.14. The topological polar surface area (TPSA) is 55.8 Å². The first-order chi connectivity index (χ1) is 30.1. The number of thioether (sulfide) groups is 1. The highest BCUT2D eigenvalue weighted by molar-refractivity contribution is 8.01. The Kier molecular flexibility index (Phi) is 14.1. The lowest BCUT2D eigenvalue weighted by molar-refractivity contribution is -0.148. The first kappa shape index (κ1) is 46.3. The van der Waals surface area contributed by atoms with Crippen LogP contribution in [0.5, 0.6) is 0 Å². The van der Waals surface area contributed by atoms with Gasteiger partial charge in [-0.05, 0) is 56.8 Å². The number of amides is 1. The van der Waals surface area contributed by atoms with Crippen molar-refractivity contribution < 1.29 is 18.8 Å². The second kappa shape index (κ2) is 19.2. The molecule has 9 heteroatoms. The zero-order valence-corrected chi connectivity index (χ0v) is 41.7. The number of ether oxygens (including phenoxy) is 1. The van der Waals surface area contributed by atoms with Crippen molar-refractivity contribution in [3.63, 3.8) is 0 Å². The summed E-state index contributed by atoms with van der Waals surface area (Å²) >= 11 is 1.73. The molecule has 6 aromatic rings. The van der Waals surface area contributed by atoms with E-state index in [-0.39, 0.29) is 24.2 Å². The number of benzene rings is 6. The number of rotatable bonds is 16. The predicted octanol–water partition coefficient (Wildman–Crippen LogP) is 11.5. The van der Waals surface area contributed by atoms with Crippen LogP contribution in [0.25, 0.3) is 0 Å². The van der Waals surface area contributed by atoms with E-state index in [0.717, 1.165) is 38.6 Å². The van der Waals surface area contributed by atoms with Gasteiger partial charge in [-0.25, -0.2) is 4.79 Å². The highest BCUT2D eigenvalue weighted by atomic mass is 32.2. The van der Waals surface area contributed by atoms with Gasteiger partial charge in [-0.3, -0.25) is 9.69 Å². The van der Waals surface area contributed by atoms with Crippen LogP contribution in [0.1, 0.15) is 37.5 Å². The maximum atomic E-state index is 15.8. The van der Waals surface area contributed by atoms with E-state index in [0.29, 0.717) is 5.42 Å². The number of likely N-dealkylation sites (tertiary alicyclic amines) is 1. The summed E-state index contributed by atoms with van der Waals surface area (Å²) in [7, 11) is -3.95. The van der Waals surface area contributed by atoms with E-state index in [9.17, 15) is 0 Å². The highest BCUT2D eigenvalue weighted by Gasteiger charge is 2.58. The van der Waals surface area contributed by atoms with Gasteiger partial charge in [0, 0.05) is 21.6 Å². The minimum atomic E-state index is -3.17. The van der Waals surface area contributed by atoms with Crippen molar-refractivity contribution in [2.24, 2.45) is 5.92 Å². The third-order valence-electron chi connectivity index (χ3n) is 12.7. The average molecular weight is 908 g/mol. The van der Waals surface area contributed by atoms with Crippen LogP contribution in [0.4, 0.5) is 0 Å². The molecular weight excluding hydrogens is 846 g/mol. The molecule has 1 saturated heterocycles. The molecule has 0 saturated carbocycles. The second-order valence-corrected chi connectivity index (χ2v) is 34.2. The van der Waals surface area contributed by atoms with E-state index in [1.807, 2.05) is 77.7 Å². The van der Waals surface area contributed by atoms with Gasteiger partial charge in [-0.2, -0.15) is 0 Å². The van der Waals surface area contributed by atoms with Gasteiger partial charge in [0.2, 0.25) is 5.91 Å². The first-order valence-corrected chi connectivity index (χ1v) is 31.3. The Morgan fingerprint density at radius 2 is 0.968 bits per heavy atom. The maximum absolute atomic E-state index is 15.8. The van der Waals surface area contributed by atoms with Crippen LogP contribution in [0.2, 0.25) is 43.8 Å². The van der Waals surface area contributed by atoms with Gasteiger partial charge in [-0.1, -0.05) is 222 Å². The standard InChI is InChI=1S/C54H62NO4PSSi2/c1-53(2,3)63(7,8)59-41-48-49(56)55(51(48)61-54(42-27-15-9-16-28-42,43-29-17-10-18-30-43)44-31-19-11-20-32-44)50(52(57)58-39-40-62(4,5)6)60(45-33-21-12-22-34-45,46-35-23-13-24-36-46)47-37-25-14-26-38-47/h9-38,48,51H,39-41H2,1-8H3/t48-,51+/m0/s1. The van der Waals surface area contributed by atoms with E-state index in [1.165, 1.54) is 0 Å².